The summed E-state index contributed by atoms with van der Waals surface area (Å²) in [6, 6.07) is 7.27. The molecule has 1 aromatic carbocycles. The molecule has 1 aliphatic rings. The van der Waals surface area contributed by atoms with Gasteiger partial charge in [-0.25, -0.2) is 5.10 Å². The monoisotopic (exact) mass is 330 g/mol. The number of ether oxygens (including phenoxy) is 1. The first-order valence-corrected chi connectivity index (χ1v) is 8.10. The van der Waals surface area contributed by atoms with Crippen molar-refractivity contribution in [3.8, 4) is 5.75 Å². The van der Waals surface area contributed by atoms with Gasteiger partial charge < -0.3 is 20.3 Å². The molecule has 2 aromatic rings. The Bertz CT molecular complexity index is 635. The van der Waals surface area contributed by atoms with Crippen molar-refractivity contribution in [2.75, 3.05) is 44.2 Å². The second kappa shape index (κ2) is 7.78. The van der Waals surface area contributed by atoms with Crippen LogP contribution in [-0.2, 0) is 0 Å². The molecule has 1 amide bonds. The number of piperazine rings is 1. The summed E-state index contributed by atoms with van der Waals surface area (Å²) in [6.07, 6.45) is 2.31. The van der Waals surface area contributed by atoms with Gasteiger partial charge in [-0.15, -0.1) is 0 Å². The zero-order valence-electron chi connectivity index (χ0n) is 13.5. The second-order valence-corrected chi connectivity index (χ2v) is 5.60. The molecule has 128 valence electrons. The Hall–Kier alpha value is -2.61. The highest BCUT2D eigenvalue weighted by molar-refractivity contribution is 5.94. The van der Waals surface area contributed by atoms with E-state index >= 15 is 0 Å². The Labute approximate surface area is 140 Å². The summed E-state index contributed by atoms with van der Waals surface area (Å²) in [4.78, 5) is 20.7. The third-order valence-corrected chi connectivity index (χ3v) is 3.99. The highest BCUT2D eigenvalue weighted by Crippen LogP contribution is 2.16. The van der Waals surface area contributed by atoms with E-state index in [0.29, 0.717) is 31.8 Å². The molecule has 1 fully saturated rings. The number of aromatic amines is 1. The Kier molecular flexibility index (Phi) is 5.27. The average Bonchev–Trinajstić information content (AvgIpc) is 3.17. The molecule has 0 radical (unpaired) electrons. The number of benzene rings is 1. The van der Waals surface area contributed by atoms with Crippen LogP contribution in [0.5, 0.6) is 5.75 Å². The van der Waals surface area contributed by atoms with Gasteiger partial charge in [0.25, 0.3) is 5.91 Å². The van der Waals surface area contributed by atoms with Crippen molar-refractivity contribution in [2.24, 2.45) is 5.73 Å². The molecule has 0 saturated carbocycles. The highest BCUT2D eigenvalue weighted by atomic mass is 16.5. The predicted octanol–water partition coefficient (Wildman–Crippen LogP) is 0.495. The number of nitrogens with two attached hydrogens (primary N) is 1. The van der Waals surface area contributed by atoms with Gasteiger partial charge in [-0.05, 0) is 37.2 Å². The first-order valence-electron chi connectivity index (χ1n) is 8.10. The average molecular weight is 330 g/mol. The lowest BCUT2D eigenvalue weighted by atomic mass is 10.1. The zero-order valence-corrected chi connectivity index (χ0v) is 13.5. The van der Waals surface area contributed by atoms with Crippen molar-refractivity contribution in [2.45, 2.75) is 6.42 Å². The first-order chi connectivity index (χ1) is 11.8. The molecule has 0 unspecified atom stereocenters. The molecular formula is C16H22N6O2. The van der Waals surface area contributed by atoms with Crippen molar-refractivity contribution in [1.82, 2.24) is 20.1 Å². The van der Waals surface area contributed by atoms with Crippen LogP contribution in [0.2, 0.25) is 0 Å². The van der Waals surface area contributed by atoms with Crippen LogP contribution >= 0.6 is 0 Å². The van der Waals surface area contributed by atoms with Gasteiger partial charge in [0.2, 0.25) is 5.95 Å². The fraction of sp³-hybridized carbons (Fsp3) is 0.438. The van der Waals surface area contributed by atoms with Gasteiger partial charge in [0.05, 0.1) is 6.61 Å². The van der Waals surface area contributed by atoms with E-state index in [1.165, 1.54) is 6.33 Å². The minimum atomic E-state index is 0.0423. The van der Waals surface area contributed by atoms with Gasteiger partial charge in [-0.2, -0.15) is 10.1 Å². The van der Waals surface area contributed by atoms with Gasteiger partial charge in [0, 0.05) is 31.7 Å². The number of hydrogen-bond acceptors (Lipinski definition) is 6. The van der Waals surface area contributed by atoms with Crippen LogP contribution in [0.25, 0.3) is 0 Å². The maximum Gasteiger partial charge on any atom is 0.253 e. The van der Waals surface area contributed by atoms with E-state index in [0.717, 1.165) is 31.2 Å². The molecule has 0 spiro atoms. The summed E-state index contributed by atoms with van der Waals surface area (Å²) >= 11 is 0. The molecule has 1 aromatic heterocycles. The van der Waals surface area contributed by atoms with E-state index in [1.807, 2.05) is 29.2 Å². The third-order valence-electron chi connectivity index (χ3n) is 3.99. The van der Waals surface area contributed by atoms with Crippen LogP contribution in [-0.4, -0.2) is 65.3 Å². The second-order valence-electron chi connectivity index (χ2n) is 5.60. The van der Waals surface area contributed by atoms with Crippen molar-refractivity contribution < 1.29 is 9.53 Å². The SMILES string of the molecule is NCCCOc1ccc(C(=O)N2CCN(c3ncn[nH]3)CC2)cc1. The van der Waals surface area contributed by atoms with Crippen molar-refractivity contribution >= 4 is 11.9 Å². The number of amides is 1. The Morgan fingerprint density at radius 1 is 1.21 bits per heavy atom. The topological polar surface area (TPSA) is 100 Å². The summed E-state index contributed by atoms with van der Waals surface area (Å²) in [5, 5.41) is 6.71. The molecular weight excluding hydrogens is 308 g/mol. The molecule has 0 aliphatic carbocycles. The van der Waals surface area contributed by atoms with Crippen molar-refractivity contribution in [3.63, 3.8) is 0 Å². The van der Waals surface area contributed by atoms with Crippen LogP contribution in [0.4, 0.5) is 5.95 Å². The molecule has 0 bridgehead atoms. The Morgan fingerprint density at radius 3 is 2.58 bits per heavy atom. The predicted molar refractivity (Wildman–Crippen MR) is 90.1 cm³/mol. The number of carbonyl (C=O) groups excluding carboxylic acids is 1. The fourth-order valence-electron chi connectivity index (χ4n) is 2.62. The third kappa shape index (κ3) is 3.83. The molecule has 8 nitrogen and oxygen atoms in total. The highest BCUT2D eigenvalue weighted by Gasteiger charge is 2.23. The summed E-state index contributed by atoms with van der Waals surface area (Å²) in [5.41, 5.74) is 6.11. The maximum absolute atomic E-state index is 12.6. The molecule has 2 heterocycles. The summed E-state index contributed by atoms with van der Waals surface area (Å²) in [6.45, 7) is 4.00. The minimum Gasteiger partial charge on any atom is -0.494 e. The number of H-pyrrole nitrogens is 1. The van der Waals surface area contributed by atoms with E-state index in [4.69, 9.17) is 10.5 Å². The van der Waals surface area contributed by atoms with Crippen LogP contribution in [0.3, 0.4) is 0 Å². The number of carbonyl (C=O) groups is 1. The Morgan fingerprint density at radius 2 is 1.96 bits per heavy atom. The standard InChI is InChI=1S/C16H22N6O2/c17-6-1-11-24-14-4-2-13(3-5-14)15(23)21-7-9-22(10-8-21)16-18-12-19-20-16/h2-5,12H,1,6-11,17H2,(H,18,19,20). The van der Waals surface area contributed by atoms with Gasteiger partial charge in [-0.3, -0.25) is 4.79 Å². The van der Waals surface area contributed by atoms with E-state index in [9.17, 15) is 4.79 Å². The van der Waals surface area contributed by atoms with Crippen LogP contribution in [0.1, 0.15) is 16.8 Å². The summed E-state index contributed by atoms with van der Waals surface area (Å²) < 4.78 is 5.55. The van der Waals surface area contributed by atoms with Gasteiger partial charge in [0.15, 0.2) is 0 Å². The Balaban J connectivity index is 1.53. The van der Waals surface area contributed by atoms with Gasteiger partial charge >= 0.3 is 0 Å². The molecule has 24 heavy (non-hydrogen) atoms. The number of nitrogens with zero attached hydrogens (tertiary/aromatic N) is 4. The first kappa shape index (κ1) is 16.3. The van der Waals surface area contributed by atoms with E-state index in [-0.39, 0.29) is 5.91 Å². The molecule has 8 heteroatoms. The number of hydrogen-bond donors (Lipinski definition) is 2. The molecule has 1 saturated heterocycles. The lowest BCUT2D eigenvalue weighted by Gasteiger charge is -2.34. The van der Waals surface area contributed by atoms with E-state index < -0.39 is 0 Å². The lowest BCUT2D eigenvalue weighted by molar-refractivity contribution is 0.0746. The molecule has 3 rings (SSSR count). The number of nitrogens with one attached hydrogen (secondary N) is 1. The van der Waals surface area contributed by atoms with Crippen LogP contribution in [0, 0.1) is 0 Å². The number of aromatic nitrogens is 3. The van der Waals surface area contributed by atoms with Gasteiger partial charge in [-0.1, -0.05) is 0 Å². The summed E-state index contributed by atoms with van der Waals surface area (Å²) in [5.74, 6) is 1.55. The smallest absolute Gasteiger partial charge is 0.253 e. The maximum atomic E-state index is 12.6. The van der Waals surface area contributed by atoms with Crippen LogP contribution < -0.4 is 15.4 Å². The van der Waals surface area contributed by atoms with Crippen molar-refractivity contribution in [1.29, 1.82) is 0 Å². The molecule has 3 N–H and O–H groups in total. The van der Waals surface area contributed by atoms with Crippen molar-refractivity contribution in [3.05, 3.63) is 36.2 Å². The number of rotatable bonds is 6. The fourth-order valence-corrected chi connectivity index (χ4v) is 2.62. The van der Waals surface area contributed by atoms with E-state index in [1.54, 1.807) is 0 Å². The molecule has 1 aliphatic heterocycles. The van der Waals surface area contributed by atoms with Gasteiger partial charge in [0.1, 0.15) is 12.1 Å². The quantitative estimate of drug-likeness (QED) is 0.748. The minimum absolute atomic E-state index is 0.0423. The van der Waals surface area contributed by atoms with Crippen LogP contribution in [0.15, 0.2) is 30.6 Å². The normalized spacial score (nSPS) is 14.7. The zero-order chi connectivity index (χ0) is 16.8. The lowest BCUT2D eigenvalue weighted by Crippen LogP contribution is -2.49. The number of anilines is 1. The largest absolute Gasteiger partial charge is 0.494 e. The molecule has 0 atom stereocenters. The summed E-state index contributed by atoms with van der Waals surface area (Å²) in [7, 11) is 0. The van der Waals surface area contributed by atoms with E-state index in [2.05, 4.69) is 20.1 Å².